The van der Waals surface area contributed by atoms with Crippen LogP contribution in [0.2, 0.25) is 0 Å². The monoisotopic (exact) mass is 250 g/mol. The molecule has 100 valence electrons. The highest BCUT2D eigenvalue weighted by atomic mass is 16.6. The van der Waals surface area contributed by atoms with Crippen molar-refractivity contribution >= 4 is 6.09 Å². The van der Waals surface area contributed by atoms with Gasteiger partial charge in [0.25, 0.3) is 0 Å². The van der Waals surface area contributed by atoms with Crippen molar-refractivity contribution in [2.45, 2.75) is 70.6 Å². The highest BCUT2D eigenvalue weighted by Gasteiger charge is 2.42. The molecule has 0 radical (unpaired) electrons. The average molecular weight is 250 g/mol. The van der Waals surface area contributed by atoms with E-state index in [4.69, 9.17) is 10.00 Å². The summed E-state index contributed by atoms with van der Waals surface area (Å²) in [6.45, 7) is 5.67. The van der Waals surface area contributed by atoms with Crippen LogP contribution in [0.3, 0.4) is 0 Å². The maximum atomic E-state index is 12.2. The van der Waals surface area contributed by atoms with Gasteiger partial charge in [0.15, 0.2) is 0 Å². The number of rotatable bonds is 0. The van der Waals surface area contributed by atoms with Crippen molar-refractivity contribution in [3.8, 4) is 6.07 Å². The van der Waals surface area contributed by atoms with E-state index in [1.807, 2.05) is 25.7 Å². The van der Waals surface area contributed by atoms with Crippen LogP contribution in [-0.2, 0) is 4.74 Å². The summed E-state index contributed by atoms with van der Waals surface area (Å²) < 4.78 is 5.49. The number of carbonyl (C=O) groups excluding carboxylic acids is 1. The Morgan fingerprint density at radius 1 is 1.28 bits per heavy atom. The largest absolute Gasteiger partial charge is 0.444 e. The number of fused-ring (bicyclic) bond motifs is 2. The van der Waals surface area contributed by atoms with Gasteiger partial charge in [0, 0.05) is 12.1 Å². The Kier molecular flexibility index (Phi) is 3.52. The summed E-state index contributed by atoms with van der Waals surface area (Å²) in [6, 6.07) is 2.77. The zero-order valence-electron chi connectivity index (χ0n) is 11.5. The van der Waals surface area contributed by atoms with Gasteiger partial charge in [0.2, 0.25) is 0 Å². The van der Waals surface area contributed by atoms with Crippen LogP contribution in [0.25, 0.3) is 0 Å². The molecule has 4 nitrogen and oxygen atoms in total. The summed E-state index contributed by atoms with van der Waals surface area (Å²) in [5.41, 5.74) is -0.447. The van der Waals surface area contributed by atoms with E-state index in [2.05, 4.69) is 6.07 Å². The third kappa shape index (κ3) is 2.77. The standard InChI is InChI=1S/C14H22N2O2/c1-14(2,3)18-13(17)16-11-5-4-6-12(16)8-10(7-11)9-15/h10-12H,4-8H2,1-3H3. The van der Waals surface area contributed by atoms with Crippen molar-refractivity contribution in [3.63, 3.8) is 0 Å². The summed E-state index contributed by atoms with van der Waals surface area (Å²) in [7, 11) is 0. The number of amides is 1. The predicted octanol–water partition coefficient (Wildman–Crippen LogP) is 3.08. The molecule has 18 heavy (non-hydrogen) atoms. The van der Waals surface area contributed by atoms with Gasteiger partial charge in [-0.25, -0.2) is 4.79 Å². The van der Waals surface area contributed by atoms with Crippen LogP contribution in [0, 0.1) is 17.2 Å². The lowest BCUT2D eigenvalue weighted by atomic mass is 9.79. The summed E-state index contributed by atoms with van der Waals surface area (Å²) >= 11 is 0. The summed E-state index contributed by atoms with van der Waals surface area (Å²) in [5, 5.41) is 9.07. The van der Waals surface area contributed by atoms with Crippen molar-refractivity contribution in [2.75, 3.05) is 0 Å². The molecule has 2 fully saturated rings. The molecule has 2 heterocycles. The fourth-order valence-corrected chi connectivity index (χ4v) is 3.10. The maximum Gasteiger partial charge on any atom is 0.410 e. The molecule has 0 aromatic heterocycles. The number of nitrogens with zero attached hydrogens (tertiary/aromatic N) is 2. The Morgan fingerprint density at radius 3 is 2.28 bits per heavy atom. The van der Waals surface area contributed by atoms with Crippen molar-refractivity contribution in [3.05, 3.63) is 0 Å². The van der Waals surface area contributed by atoms with Gasteiger partial charge in [-0.15, -0.1) is 0 Å². The van der Waals surface area contributed by atoms with Crippen LogP contribution < -0.4 is 0 Å². The molecule has 2 atom stereocenters. The Hall–Kier alpha value is -1.24. The van der Waals surface area contributed by atoms with Gasteiger partial charge in [0.1, 0.15) is 5.60 Å². The van der Waals surface area contributed by atoms with Gasteiger partial charge in [-0.05, 0) is 52.9 Å². The first kappa shape index (κ1) is 13.2. The molecular weight excluding hydrogens is 228 g/mol. The number of hydrogen-bond acceptors (Lipinski definition) is 3. The second kappa shape index (κ2) is 4.79. The molecule has 2 bridgehead atoms. The number of piperidine rings is 2. The second-order valence-electron chi connectivity index (χ2n) is 6.42. The summed E-state index contributed by atoms with van der Waals surface area (Å²) in [4.78, 5) is 14.1. The fraction of sp³-hybridized carbons (Fsp3) is 0.857. The zero-order valence-corrected chi connectivity index (χ0v) is 11.5. The molecule has 4 heteroatoms. The normalized spacial score (nSPS) is 31.7. The SMILES string of the molecule is CC(C)(C)OC(=O)N1C2CCCC1CC(C#N)C2. The summed E-state index contributed by atoms with van der Waals surface area (Å²) in [5.74, 6) is 0.110. The van der Waals surface area contributed by atoms with Gasteiger partial charge in [-0.3, -0.25) is 0 Å². The number of ether oxygens (including phenoxy) is 1. The smallest absolute Gasteiger partial charge is 0.410 e. The van der Waals surface area contributed by atoms with E-state index in [0.717, 1.165) is 32.1 Å². The van der Waals surface area contributed by atoms with Crippen molar-refractivity contribution in [2.24, 2.45) is 5.92 Å². The van der Waals surface area contributed by atoms with Crippen LogP contribution in [-0.4, -0.2) is 28.7 Å². The summed E-state index contributed by atoms with van der Waals surface area (Å²) in [6.07, 6.45) is 4.60. The third-order valence-electron chi connectivity index (χ3n) is 3.76. The molecule has 0 N–H and O–H groups in total. The van der Waals surface area contributed by atoms with Crippen LogP contribution >= 0.6 is 0 Å². The lowest BCUT2D eigenvalue weighted by Gasteiger charge is -2.47. The predicted molar refractivity (Wildman–Crippen MR) is 67.8 cm³/mol. The molecule has 2 saturated heterocycles. The fourth-order valence-electron chi connectivity index (χ4n) is 3.10. The minimum Gasteiger partial charge on any atom is -0.444 e. The number of carbonyl (C=O) groups is 1. The molecule has 0 spiro atoms. The topological polar surface area (TPSA) is 53.3 Å². The van der Waals surface area contributed by atoms with Gasteiger partial charge in [-0.1, -0.05) is 0 Å². The molecule has 2 aliphatic heterocycles. The van der Waals surface area contributed by atoms with Crippen LogP contribution in [0.1, 0.15) is 52.9 Å². The molecule has 0 saturated carbocycles. The molecular formula is C14H22N2O2. The quantitative estimate of drug-likeness (QED) is 0.664. The van der Waals surface area contributed by atoms with E-state index in [1.165, 1.54) is 0 Å². The van der Waals surface area contributed by atoms with Crippen molar-refractivity contribution < 1.29 is 9.53 Å². The van der Waals surface area contributed by atoms with Crippen molar-refractivity contribution in [1.82, 2.24) is 4.90 Å². The molecule has 2 rings (SSSR count). The van der Waals surface area contributed by atoms with E-state index in [9.17, 15) is 4.79 Å². The molecule has 0 aromatic rings. The maximum absolute atomic E-state index is 12.2. The van der Waals surface area contributed by atoms with Gasteiger partial charge >= 0.3 is 6.09 Å². The minimum atomic E-state index is -0.447. The Balaban J connectivity index is 2.09. The molecule has 0 aromatic carbocycles. The van der Waals surface area contributed by atoms with E-state index in [0.29, 0.717) is 0 Å². The lowest BCUT2D eigenvalue weighted by molar-refractivity contribution is -0.0234. The highest BCUT2D eigenvalue weighted by Crippen LogP contribution is 2.37. The first-order valence-corrected chi connectivity index (χ1v) is 6.81. The van der Waals surface area contributed by atoms with E-state index in [1.54, 1.807) is 0 Å². The lowest BCUT2D eigenvalue weighted by Crippen LogP contribution is -2.55. The van der Waals surface area contributed by atoms with E-state index < -0.39 is 5.60 Å². The minimum absolute atomic E-state index is 0.110. The Bertz CT molecular complexity index is 353. The molecule has 2 aliphatic rings. The van der Waals surface area contributed by atoms with E-state index >= 15 is 0 Å². The Labute approximate surface area is 109 Å². The van der Waals surface area contributed by atoms with Crippen LogP contribution in [0.5, 0.6) is 0 Å². The third-order valence-corrected chi connectivity index (χ3v) is 3.76. The Morgan fingerprint density at radius 2 is 1.83 bits per heavy atom. The zero-order chi connectivity index (χ0) is 13.3. The van der Waals surface area contributed by atoms with Gasteiger partial charge < -0.3 is 9.64 Å². The average Bonchev–Trinajstić information content (AvgIpc) is 2.24. The van der Waals surface area contributed by atoms with Gasteiger partial charge in [0.05, 0.1) is 12.0 Å². The first-order chi connectivity index (χ1) is 8.40. The number of hydrogen-bond donors (Lipinski definition) is 0. The van der Waals surface area contributed by atoms with Crippen LogP contribution in [0.4, 0.5) is 4.79 Å². The van der Waals surface area contributed by atoms with Crippen LogP contribution in [0.15, 0.2) is 0 Å². The van der Waals surface area contributed by atoms with Gasteiger partial charge in [-0.2, -0.15) is 5.26 Å². The molecule has 0 aliphatic carbocycles. The number of nitriles is 1. The second-order valence-corrected chi connectivity index (χ2v) is 6.42. The molecule has 2 unspecified atom stereocenters. The highest BCUT2D eigenvalue weighted by molar-refractivity contribution is 5.69. The molecule has 1 amide bonds. The van der Waals surface area contributed by atoms with Crippen molar-refractivity contribution in [1.29, 1.82) is 5.26 Å². The van der Waals surface area contributed by atoms with E-state index in [-0.39, 0.29) is 24.1 Å². The first-order valence-electron chi connectivity index (χ1n) is 6.81.